The molecule has 0 N–H and O–H groups in total. The number of amides is 2. The van der Waals surface area contributed by atoms with Gasteiger partial charge in [0.15, 0.2) is 0 Å². The molecule has 1 aromatic heterocycles. The number of carbonyl (C=O) groups is 2. The normalized spacial score (nSPS) is 15.1. The van der Waals surface area contributed by atoms with E-state index in [-0.39, 0.29) is 24.3 Å². The minimum Gasteiger partial charge on any atom is -0.490 e. The quantitative estimate of drug-likeness (QED) is 0.315. The average Bonchev–Trinajstić information content (AvgIpc) is 3.20. The van der Waals surface area contributed by atoms with Crippen molar-refractivity contribution < 1.29 is 14.3 Å². The number of aromatic nitrogens is 1. The first-order valence-corrected chi connectivity index (χ1v) is 12.3. The Labute approximate surface area is 210 Å². The summed E-state index contributed by atoms with van der Waals surface area (Å²) in [5.41, 5.74) is 5.15. The second-order valence-corrected chi connectivity index (χ2v) is 9.96. The van der Waals surface area contributed by atoms with Gasteiger partial charge < -0.3 is 9.30 Å². The van der Waals surface area contributed by atoms with Crippen molar-refractivity contribution in [3.8, 4) is 11.4 Å². The number of hydrogen-bond acceptors (Lipinski definition) is 4. The molecule has 2 aromatic carbocycles. The zero-order valence-corrected chi connectivity index (χ0v) is 21.6. The Morgan fingerprint density at radius 2 is 1.85 bits per heavy atom. The van der Waals surface area contributed by atoms with Crippen molar-refractivity contribution in [3.63, 3.8) is 0 Å². The van der Waals surface area contributed by atoms with E-state index in [1.165, 1.54) is 4.90 Å². The third-order valence-corrected chi connectivity index (χ3v) is 7.55. The van der Waals surface area contributed by atoms with Gasteiger partial charge in [-0.2, -0.15) is 0 Å². The van der Waals surface area contributed by atoms with Gasteiger partial charge in [0.05, 0.1) is 16.5 Å². The number of carbonyl (C=O) groups excluding carboxylic acids is 2. The number of benzene rings is 2. The Morgan fingerprint density at radius 3 is 2.58 bits per heavy atom. The molecule has 1 fully saturated rings. The summed E-state index contributed by atoms with van der Waals surface area (Å²) in [5.74, 6) is 0.217. The van der Waals surface area contributed by atoms with Crippen LogP contribution >= 0.6 is 39.3 Å². The molecule has 3 aromatic rings. The number of rotatable bonds is 6. The van der Waals surface area contributed by atoms with E-state index in [0.717, 1.165) is 44.4 Å². The minimum absolute atomic E-state index is 0.157. The van der Waals surface area contributed by atoms with Gasteiger partial charge in [-0.05, 0) is 86.1 Å². The molecule has 170 valence electrons. The van der Waals surface area contributed by atoms with Gasteiger partial charge >= 0.3 is 0 Å². The first kappa shape index (κ1) is 23.7. The highest BCUT2D eigenvalue weighted by Gasteiger charge is 2.35. The molecule has 33 heavy (non-hydrogen) atoms. The number of para-hydroxylation sites is 1. The maximum absolute atomic E-state index is 12.9. The maximum atomic E-state index is 12.9. The van der Waals surface area contributed by atoms with E-state index < -0.39 is 0 Å². The molecule has 0 atom stereocenters. The monoisotopic (exact) mass is 544 g/mol. The standard InChI is InChI=1S/C25H22BrClN2O3S/c1-15-12-19(8-9-20(15)26)29-16(2)13-18(17(29)3)14-23-24(30)28(25(31)33-23)10-11-32-22-7-5-4-6-21(22)27/h4-9,12-14H,10-11H2,1-3H3/b23-14-. The fourth-order valence-electron chi connectivity index (χ4n) is 3.74. The van der Waals surface area contributed by atoms with Crippen LogP contribution in [0.2, 0.25) is 5.02 Å². The molecular weight excluding hydrogens is 524 g/mol. The predicted molar refractivity (Wildman–Crippen MR) is 137 cm³/mol. The first-order valence-electron chi connectivity index (χ1n) is 10.3. The predicted octanol–water partition coefficient (Wildman–Crippen LogP) is 6.93. The summed E-state index contributed by atoms with van der Waals surface area (Å²) < 4.78 is 8.84. The summed E-state index contributed by atoms with van der Waals surface area (Å²) in [6.45, 7) is 6.42. The molecule has 8 heteroatoms. The third kappa shape index (κ3) is 4.90. The SMILES string of the molecule is Cc1cc(-n2c(C)cc(/C=C3\SC(=O)N(CCOc4ccccc4Cl)C3=O)c2C)ccc1Br. The van der Waals surface area contributed by atoms with Crippen LogP contribution in [0.1, 0.15) is 22.5 Å². The first-order chi connectivity index (χ1) is 15.8. The van der Waals surface area contributed by atoms with Gasteiger partial charge in [-0.1, -0.05) is 39.7 Å². The molecule has 0 radical (unpaired) electrons. The Kier molecular flexibility index (Phi) is 7.02. The lowest BCUT2D eigenvalue weighted by atomic mass is 10.2. The fraction of sp³-hybridized carbons (Fsp3) is 0.200. The summed E-state index contributed by atoms with van der Waals surface area (Å²) in [6, 6.07) is 15.3. The molecule has 2 heterocycles. The number of imide groups is 1. The van der Waals surface area contributed by atoms with Crippen LogP contribution in [0.3, 0.4) is 0 Å². The van der Waals surface area contributed by atoms with E-state index in [9.17, 15) is 9.59 Å². The molecule has 1 aliphatic heterocycles. The van der Waals surface area contributed by atoms with E-state index in [2.05, 4.69) is 26.6 Å². The Morgan fingerprint density at radius 1 is 1.09 bits per heavy atom. The average molecular weight is 546 g/mol. The minimum atomic E-state index is -0.308. The van der Waals surface area contributed by atoms with Crippen LogP contribution in [0.4, 0.5) is 4.79 Å². The highest BCUT2D eigenvalue weighted by molar-refractivity contribution is 9.10. The van der Waals surface area contributed by atoms with Crippen LogP contribution in [0.25, 0.3) is 11.8 Å². The van der Waals surface area contributed by atoms with E-state index in [4.69, 9.17) is 16.3 Å². The van der Waals surface area contributed by atoms with Crippen molar-refractivity contribution in [2.75, 3.05) is 13.2 Å². The molecule has 1 saturated heterocycles. The summed E-state index contributed by atoms with van der Waals surface area (Å²) in [6.07, 6.45) is 1.80. The second kappa shape index (κ2) is 9.79. The highest BCUT2D eigenvalue weighted by atomic mass is 79.9. The van der Waals surface area contributed by atoms with Crippen LogP contribution in [0.5, 0.6) is 5.75 Å². The largest absolute Gasteiger partial charge is 0.490 e. The van der Waals surface area contributed by atoms with Crippen LogP contribution in [0, 0.1) is 20.8 Å². The molecule has 0 unspecified atom stereocenters. The number of aryl methyl sites for hydroxylation is 2. The lowest BCUT2D eigenvalue weighted by Gasteiger charge is -2.13. The van der Waals surface area contributed by atoms with Crippen LogP contribution < -0.4 is 4.74 Å². The van der Waals surface area contributed by atoms with Crippen molar-refractivity contribution in [2.45, 2.75) is 20.8 Å². The van der Waals surface area contributed by atoms with Crippen LogP contribution in [0.15, 0.2) is 57.9 Å². The topological polar surface area (TPSA) is 51.5 Å². The summed E-state index contributed by atoms with van der Waals surface area (Å²) in [5, 5.41) is 0.189. The number of hydrogen-bond donors (Lipinski definition) is 0. The van der Waals surface area contributed by atoms with Gasteiger partial charge in [0.2, 0.25) is 0 Å². The van der Waals surface area contributed by atoms with Crippen LogP contribution in [-0.4, -0.2) is 33.8 Å². The van der Waals surface area contributed by atoms with Gasteiger partial charge in [0.25, 0.3) is 11.1 Å². The highest BCUT2D eigenvalue weighted by Crippen LogP contribution is 2.34. The van der Waals surface area contributed by atoms with Crippen molar-refractivity contribution in [2.24, 2.45) is 0 Å². The van der Waals surface area contributed by atoms with E-state index in [1.54, 1.807) is 18.2 Å². The van der Waals surface area contributed by atoms with Gasteiger partial charge in [0.1, 0.15) is 12.4 Å². The molecule has 0 aliphatic carbocycles. The molecule has 4 rings (SSSR count). The molecular formula is C25H22BrClN2O3S. The molecule has 1 aliphatic rings. The Bertz CT molecular complexity index is 1280. The van der Waals surface area contributed by atoms with Gasteiger partial charge in [-0.3, -0.25) is 14.5 Å². The van der Waals surface area contributed by atoms with Crippen molar-refractivity contribution >= 4 is 56.5 Å². The van der Waals surface area contributed by atoms with Gasteiger partial charge in [-0.15, -0.1) is 0 Å². The number of ether oxygens (including phenoxy) is 1. The third-order valence-electron chi connectivity index (χ3n) is 5.44. The van der Waals surface area contributed by atoms with E-state index in [0.29, 0.717) is 15.7 Å². The van der Waals surface area contributed by atoms with Crippen molar-refractivity contribution in [1.82, 2.24) is 9.47 Å². The van der Waals surface area contributed by atoms with E-state index >= 15 is 0 Å². The van der Waals surface area contributed by atoms with E-state index in [1.807, 2.05) is 51.1 Å². The zero-order chi connectivity index (χ0) is 23.7. The number of halogens is 2. The molecule has 2 amide bonds. The Balaban J connectivity index is 1.51. The molecule has 5 nitrogen and oxygen atoms in total. The molecule has 0 bridgehead atoms. The summed E-state index contributed by atoms with van der Waals surface area (Å²) >= 11 is 10.6. The van der Waals surface area contributed by atoms with Gasteiger partial charge in [0, 0.05) is 21.5 Å². The summed E-state index contributed by atoms with van der Waals surface area (Å²) in [7, 11) is 0. The van der Waals surface area contributed by atoms with Crippen LogP contribution in [-0.2, 0) is 4.79 Å². The van der Waals surface area contributed by atoms with Crippen molar-refractivity contribution in [3.05, 3.63) is 85.4 Å². The lowest BCUT2D eigenvalue weighted by molar-refractivity contribution is -0.123. The number of nitrogens with zero attached hydrogens (tertiary/aromatic N) is 2. The Hall–Kier alpha value is -2.48. The molecule has 0 saturated carbocycles. The van der Waals surface area contributed by atoms with Gasteiger partial charge in [-0.25, -0.2) is 0 Å². The second-order valence-electron chi connectivity index (χ2n) is 7.71. The lowest BCUT2D eigenvalue weighted by Crippen LogP contribution is -2.32. The molecule has 0 spiro atoms. The fourth-order valence-corrected chi connectivity index (χ4v) is 5.03. The zero-order valence-electron chi connectivity index (χ0n) is 18.4. The smallest absolute Gasteiger partial charge is 0.293 e. The maximum Gasteiger partial charge on any atom is 0.293 e. The summed E-state index contributed by atoms with van der Waals surface area (Å²) in [4.78, 5) is 27.0. The van der Waals surface area contributed by atoms with Crippen molar-refractivity contribution in [1.29, 1.82) is 0 Å². The number of thioether (sulfide) groups is 1.